The zero-order chi connectivity index (χ0) is 19.5. The zero-order valence-electron chi connectivity index (χ0n) is 15.2. The molecule has 1 atom stereocenters. The minimum absolute atomic E-state index is 0.0555. The molecule has 0 radical (unpaired) electrons. The molecule has 1 aromatic heterocycles. The molecular formula is C22H20ClN3O2. The molecule has 1 amide bonds. The van der Waals surface area contributed by atoms with E-state index in [1.54, 1.807) is 35.4 Å². The van der Waals surface area contributed by atoms with E-state index in [-0.39, 0.29) is 12.5 Å². The second-order valence-corrected chi connectivity index (χ2v) is 7.09. The number of amides is 1. The maximum absolute atomic E-state index is 12.8. The van der Waals surface area contributed by atoms with E-state index >= 15 is 0 Å². The Morgan fingerprint density at radius 1 is 1.14 bits per heavy atom. The monoisotopic (exact) mass is 393 g/mol. The molecule has 2 N–H and O–H groups in total. The predicted octanol–water partition coefficient (Wildman–Crippen LogP) is 4.08. The van der Waals surface area contributed by atoms with E-state index < -0.39 is 6.10 Å². The first kappa shape index (κ1) is 18.5. The minimum atomic E-state index is -0.752. The van der Waals surface area contributed by atoms with Gasteiger partial charge in [0.1, 0.15) is 5.82 Å². The molecule has 142 valence electrons. The van der Waals surface area contributed by atoms with E-state index in [1.807, 2.05) is 30.3 Å². The fourth-order valence-electron chi connectivity index (χ4n) is 3.39. The van der Waals surface area contributed by atoms with Gasteiger partial charge in [-0.15, -0.1) is 0 Å². The van der Waals surface area contributed by atoms with Gasteiger partial charge in [-0.1, -0.05) is 48.0 Å². The van der Waals surface area contributed by atoms with Gasteiger partial charge in [0.2, 0.25) is 0 Å². The SMILES string of the molecule is O=C(c1ccc(NCC(O)c2ccccc2Cl)nc1)N1CCc2ccccc21. The van der Waals surface area contributed by atoms with Gasteiger partial charge < -0.3 is 15.3 Å². The highest BCUT2D eigenvalue weighted by Crippen LogP contribution is 2.29. The summed E-state index contributed by atoms with van der Waals surface area (Å²) in [5, 5.41) is 13.9. The Morgan fingerprint density at radius 2 is 1.93 bits per heavy atom. The second kappa shape index (κ2) is 8.00. The number of aromatic nitrogens is 1. The first-order chi connectivity index (χ1) is 13.6. The van der Waals surface area contributed by atoms with Crippen LogP contribution < -0.4 is 10.2 Å². The normalized spacial score (nSPS) is 13.9. The van der Waals surface area contributed by atoms with Crippen LogP contribution in [0.15, 0.2) is 66.9 Å². The zero-order valence-corrected chi connectivity index (χ0v) is 15.9. The quantitative estimate of drug-likeness (QED) is 0.685. The van der Waals surface area contributed by atoms with E-state index in [0.717, 1.165) is 12.1 Å². The van der Waals surface area contributed by atoms with Gasteiger partial charge in [0.05, 0.1) is 11.7 Å². The van der Waals surface area contributed by atoms with Crippen LogP contribution >= 0.6 is 11.6 Å². The van der Waals surface area contributed by atoms with E-state index in [0.29, 0.717) is 28.5 Å². The third-order valence-electron chi connectivity index (χ3n) is 4.88. The van der Waals surface area contributed by atoms with Crippen molar-refractivity contribution >= 4 is 29.0 Å². The fraction of sp³-hybridized carbons (Fsp3) is 0.182. The van der Waals surface area contributed by atoms with Gasteiger partial charge in [-0.25, -0.2) is 4.98 Å². The number of anilines is 2. The van der Waals surface area contributed by atoms with Crippen LogP contribution in [0.2, 0.25) is 5.02 Å². The summed E-state index contributed by atoms with van der Waals surface area (Å²) in [6.07, 6.45) is 1.68. The molecule has 2 aromatic carbocycles. The maximum Gasteiger partial charge on any atom is 0.259 e. The Hall–Kier alpha value is -2.89. The number of rotatable bonds is 5. The largest absolute Gasteiger partial charge is 0.387 e. The lowest BCUT2D eigenvalue weighted by Gasteiger charge is -2.17. The first-order valence-corrected chi connectivity index (χ1v) is 9.53. The summed E-state index contributed by atoms with van der Waals surface area (Å²) >= 11 is 6.11. The predicted molar refractivity (Wildman–Crippen MR) is 111 cm³/mol. The lowest BCUT2D eigenvalue weighted by atomic mass is 10.1. The van der Waals surface area contributed by atoms with Crippen molar-refractivity contribution in [3.05, 3.63) is 88.6 Å². The Labute approximate surface area is 168 Å². The Morgan fingerprint density at radius 3 is 2.71 bits per heavy atom. The summed E-state index contributed by atoms with van der Waals surface area (Å²) in [7, 11) is 0. The number of nitrogens with zero attached hydrogens (tertiary/aromatic N) is 2. The molecule has 0 bridgehead atoms. The van der Waals surface area contributed by atoms with Gasteiger partial charge in [-0.2, -0.15) is 0 Å². The van der Waals surface area contributed by atoms with Crippen molar-refractivity contribution in [1.82, 2.24) is 4.98 Å². The highest BCUT2D eigenvalue weighted by atomic mass is 35.5. The van der Waals surface area contributed by atoms with Crippen LogP contribution in [0.4, 0.5) is 11.5 Å². The minimum Gasteiger partial charge on any atom is -0.387 e. The topological polar surface area (TPSA) is 65.5 Å². The van der Waals surface area contributed by atoms with Crippen molar-refractivity contribution in [2.24, 2.45) is 0 Å². The van der Waals surface area contributed by atoms with Crippen molar-refractivity contribution in [2.45, 2.75) is 12.5 Å². The summed E-state index contributed by atoms with van der Waals surface area (Å²) in [6.45, 7) is 0.950. The van der Waals surface area contributed by atoms with E-state index in [1.165, 1.54) is 5.56 Å². The molecule has 0 aliphatic carbocycles. The molecule has 1 unspecified atom stereocenters. The third kappa shape index (κ3) is 3.72. The lowest BCUT2D eigenvalue weighted by molar-refractivity contribution is 0.0989. The van der Waals surface area contributed by atoms with E-state index in [9.17, 15) is 9.90 Å². The number of carbonyl (C=O) groups excluding carboxylic acids is 1. The summed E-state index contributed by atoms with van der Waals surface area (Å²) in [6, 6.07) is 18.6. The third-order valence-corrected chi connectivity index (χ3v) is 5.23. The molecule has 5 nitrogen and oxygen atoms in total. The summed E-state index contributed by atoms with van der Waals surface area (Å²) in [5.41, 5.74) is 3.36. The molecule has 6 heteroatoms. The number of aliphatic hydroxyl groups excluding tert-OH is 1. The van der Waals surface area contributed by atoms with Crippen molar-refractivity contribution in [2.75, 3.05) is 23.3 Å². The highest BCUT2D eigenvalue weighted by molar-refractivity contribution is 6.31. The number of pyridine rings is 1. The van der Waals surface area contributed by atoms with E-state index in [4.69, 9.17) is 11.6 Å². The molecule has 1 aliphatic rings. The standard InChI is InChI=1S/C22H20ClN3O2/c23-18-7-3-2-6-17(18)20(27)14-25-21-10-9-16(13-24-21)22(28)26-12-11-15-5-1-4-8-19(15)26/h1-10,13,20,27H,11-12,14H2,(H,24,25). The van der Waals surface area contributed by atoms with Crippen molar-refractivity contribution in [1.29, 1.82) is 0 Å². The maximum atomic E-state index is 12.8. The van der Waals surface area contributed by atoms with Crippen LogP contribution in [-0.4, -0.2) is 29.1 Å². The summed E-state index contributed by atoms with van der Waals surface area (Å²) in [5.74, 6) is 0.532. The molecule has 1 aliphatic heterocycles. The number of carbonyl (C=O) groups is 1. The lowest BCUT2D eigenvalue weighted by Crippen LogP contribution is -2.29. The van der Waals surface area contributed by atoms with E-state index in [2.05, 4.69) is 16.4 Å². The van der Waals surface area contributed by atoms with Crippen LogP contribution in [0, 0.1) is 0 Å². The molecule has 0 spiro atoms. The van der Waals surface area contributed by atoms with Crippen LogP contribution in [0.1, 0.15) is 27.6 Å². The van der Waals surface area contributed by atoms with Crippen molar-refractivity contribution in [3.8, 4) is 0 Å². The number of fused-ring (bicyclic) bond motifs is 1. The number of nitrogens with one attached hydrogen (secondary N) is 1. The number of benzene rings is 2. The van der Waals surface area contributed by atoms with Gasteiger partial charge in [-0.3, -0.25) is 4.79 Å². The van der Waals surface area contributed by atoms with Gasteiger partial charge in [0.25, 0.3) is 5.91 Å². The molecule has 3 aromatic rings. The Balaban J connectivity index is 1.40. The number of para-hydroxylation sites is 1. The Bertz CT molecular complexity index is 991. The molecule has 4 rings (SSSR count). The van der Waals surface area contributed by atoms with Crippen LogP contribution in [-0.2, 0) is 6.42 Å². The molecular weight excluding hydrogens is 374 g/mol. The number of aliphatic hydroxyl groups is 1. The second-order valence-electron chi connectivity index (χ2n) is 6.69. The number of hydrogen-bond acceptors (Lipinski definition) is 4. The van der Waals surface area contributed by atoms with Gasteiger partial charge in [-0.05, 0) is 36.2 Å². The molecule has 2 heterocycles. The smallest absolute Gasteiger partial charge is 0.259 e. The average Bonchev–Trinajstić information content (AvgIpc) is 3.16. The Kier molecular flexibility index (Phi) is 5.28. The van der Waals surface area contributed by atoms with Crippen molar-refractivity contribution in [3.63, 3.8) is 0 Å². The molecule has 0 fully saturated rings. The van der Waals surface area contributed by atoms with Crippen LogP contribution in [0.25, 0.3) is 0 Å². The number of halogens is 1. The van der Waals surface area contributed by atoms with Crippen LogP contribution in [0.3, 0.4) is 0 Å². The molecule has 0 saturated heterocycles. The summed E-state index contributed by atoms with van der Waals surface area (Å²) < 4.78 is 0. The van der Waals surface area contributed by atoms with Crippen LogP contribution in [0.5, 0.6) is 0 Å². The van der Waals surface area contributed by atoms with Gasteiger partial charge in [0.15, 0.2) is 0 Å². The molecule has 28 heavy (non-hydrogen) atoms. The van der Waals surface area contributed by atoms with Crippen molar-refractivity contribution < 1.29 is 9.90 Å². The summed E-state index contributed by atoms with van der Waals surface area (Å²) in [4.78, 5) is 18.9. The number of hydrogen-bond donors (Lipinski definition) is 2. The molecule has 0 saturated carbocycles. The first-order valence-electron chi connectivity index (χ1n) is 9.15. The van der Waals surface area contributed by atoms with Gasteiger partial charge in [0, 0.05) is 35.6 Å². The fourth-order valence-corrected chi connectivity index (χ4v) is 3.65. The highest BCUT2D eigenvalue weighted by Gasteiger charge is 2.25. The van der Waals surface area contributed by atoms with Gasteiger partial charge >= 0.3 is 0 Å². The average molecular weight is 394 g/mol.